The summed E-state index contributed by atoms with van der Waals surface area (Å²) < 4.78 is 0. The summed E-state index contributed by atoms with van der Waals surface area (Å²) in [5.41, 5.74) is 5.05. The highest BCUT2D eigenvalue weighted by molar-refractivity contribution is 5.42. The maximum Gasteiger partial charge on any atom is -0.000607 e. The molecule has 0 aliphatic rings. The lowest BCUT2D eigenvalue weighted by Gasteiger charge is -2.13. The monoisotopic (exact) mass is 188 g/mol. The van der Waals surface area contributed by atoms with Gasteiger partial charge in [0.25, 0.3) is 0 Å². The molecule has 0 aromatic heterocycles. The lowest BCUT2D eigenvalue weighted by Crippen LogP contribution is -1.98. The smallest absolute Gasteiger partial charge is 0.000607 e. The fourth-order valence-electron chi connectivity index (χ4n) is 1.89. The molecule has 0 aliphatic heterocycles. The molecule has 0 atom stereocenters. The molecular formula is C14H20. The third kappa shape index (κ3) is 2.37. The van der Waals surface area contributed by atoms with E-state index in [4.69, 9.17) is 6.92 Å². The van der Waals surface area contributed by atoms with E-state index in [1.807, 2.05) is 0 Å². The molecule has 0 heterocycles. The van der Waals surface area contributed by atoms with Gasteiger partial charge in [0.1, 0.15) is 0 Å². The first-order valence-corrected chi connectivity index (χ1v) is 5.57. The van der Waals surface area contributed by atoms with Gasteiger partial charge in [0.2, 0.25) is 0 Å². The highest BCUT2D eigenvalue weighted by Gasteiger charge is 2.05. The average Bonchev–Trinajstić information content (AvgIpc) is 2.17. The van der Waals surface area contributed by atoms with Gasteiger partial charge in [-0.2, -0.15) is 0 Å². The Hall–Kier alpha value is -0.780. The van der Waals surface area contributed by atoms with Crippen molar-refractivity contribution in [3.05, 3.63) is 41.3 Å². The second-order valence-corrected chi connectivity index (χ2v) is 3.93. The van der Waals surface area contributed by atoms with Gasteiger partial charge in [-0.05, 0) is 48.9 Å². The van der Waals surface area contributed by atoms with Crippen LogP contribution in [0.1, 0.15) is 48.9 Å². The molecule has 0 aliphatic carbocycles. The summed E-state index contributed by atoms with van der Waals surface area (Å²) >= 11 is 0. The van der Waals surface area contributed by atoms with E-state index in [1.54, 1.807) is 0 Å². The predicted octanol–water partition coefficient (Wildman–Crippen LogP) is 3.96. The summed E-state index contributed by atoms with van der Waals surface area (Å²) in [6.07, 6.45) is 4.54. The first-order chi connectivity index (χ1) is 6.70. The van der Waals surface area contributed by atoms with Gasteiger partial charge in [-0.1, -0.05) is 38.8 Å². The van der Waals surface area contributed by atoms with E-state index >= 15 is 0 Å². The van der Waals surface area contributed by atoms with Crippen molar-refractivity contribution < 1.29 is 0 Å². The maximum absolute atomic E-state index is 6.16. The SMILES string of the molecule is [CH]c1c(CCC)ccc(C)c1CCC. The van der Waals surface area contributed by atoms with Crippen LogP contribution in [0.3, 0.4) is 0 Å². The topological polar surface area (TPSA) is 0 Å². The minimum Gasteiger partial charge on any atom is -0.0651 e. The van der Waals surface area contributed by atoms with Crippen molar-refractivity contribution in [2.24, 2.45) is 0 Å². The van der Waals surface area contributed by atoms with Crippen LogP contribution in [0.5, 0.6) is 0 Å². The number of aryl methyl sites for hydroxylation is 2. The Morgan fingerprint density at radius 3 is 2.29 bits per heavy atom. The molecule has 0 unspecified atom stereocenters. The van der Waals surface area contributed by atoms with E-state index in [0.29, 0.717) is 0 Å². The molecule has 0 saturated carbocycles. The van der Waals surface area contributed by atoms with Crippen LogP contribution in [-0.4, -0.2) is 0 Å². The zero-order valence-corrected chi connectivity index (χ0v) is 9.56. The molecule has 0 heteroatoms. The number of hydrogen-bond acceptors (Lipinski definition) is 0. The molecule has 0 bridgehead atoms. The fraction of sp³-hybridized carbons (Fsp3) is 0.500. The predicted molar refractivity (Wildman–Crippen MR) is 62.6 cm³/mol. The molecule has 1 aromatic carbocycles. The lowest BCUT2D eigenvalue weighted by atomic mass is 9.93. The Kier molecular flexibility index (Phi) is 4.19. The molecule has 2 radical (unpaired) electrons. The molecule has 0 saturated heterocycles. The summed E-state index contributed by atoms with van der Waals surface area (Å²) in [6.45, 7) is 12.7. The minimum atomic E-state index is 1.04. The number of hydrogen-bond donors (Lipinski definition) is 0. The van der Waals surface area contributed by atoms with E-state index in [2.05, 4.69) is 32.9 Å². The minimum absolute atomic E-state index is 1.04. The summed E-state index contributed by atoms with van der Waals surface area (Å²) in [6, 6.07) is 4.37. The summed E-state index contributed by atoms with van der Waals surface area (Å²) in [7, 11) is 0. The van der Waals surface area contributed by atoms with Crippen molar-refractivity contribution in [2.45, 2.75) is 46.5 Å². The average molecular weight is 188 g/mol. The molecular weight excluding hydrogens is 168 g/mol. The number of rotatable bonds is 4. The number of benzene rings is 1. The molecule has 0 spiro atoms. The Labute approximate surface area is 88.4 Å². The van der Waals surface area contributed by atoms with Gasteiger partial charge in [0, 0.05) is 0 Å². The van der Waals surface area contributed by atoms with Crippen LogP contribution in [0.2, 0.25) is 0 Å². The molecule has 1 rings (SSSR count). The summed E-state index contributed by atoms with van der Waals surface area (Å²) in [5.74, 6) is 0. The van der Waals surface area contributed by atoms with Gasteiger partial charge in [-0.3, -0.25) is 0 Å². The van der Waals surface area contributed by atoms with Crippen molar-refractivity contribution >= 4 is 0 Å². The fourth-order valence-corrected chi connectivity index (χ4v) is 1.89. The first kappa shape index (κ1) is 11.3. The molecule has 76 valence electrons. The van der Waals surface area contributed by atoms with Gasteiger partial charge in [-0.25, -0.2) is 0 Å². The third-order valence-corrected chi connectivity index (χ3v) is 2.70. The maximum atomic E-state index is 6.16. The van der Waals surface area contributed by atoms with Gasteiger partial charge in [0.15, 0.2) is 0 Å². The summed E-state index contributed by atoms with van der Waals surface area (Å²) in [4.78, 5) is 0. The molecule has 1 aromatic rings. The van der Waals surface area contributed by atoms with Gasteiger partial charge in [0.05, 0.1) is 0 Å². The molecule has 0 fully saturated rings. The molecule has 0 nitrogen and oxygen atoms in total. The molecule has 0 N–H and O–H groups in total. The normalized spacial score (nSPS) is 10.6. The quantitative estimate of drug-likeness (QED) is 0.671. The van der Waals surface area contributed by atoms with Crippen molar-refractivity contribution in [3.63, 3.8) is 0 Å². The Bertz CT molecular complexity index is 297. The highest BCUT2D eigenvalue weighted by atomic mass is 14.1. The highest BCUT2D eigenvalue weighted by Crippen LogP contribution is 2.20. The Morgan fingerprint density at radius 2 is 1.71 bits per heavy atom. The van der Waals surface area contributed by atoms with E-state index < -0.39 is 0 Å². The molecule has 14 heavy (non-hydrogen) atoms. The van der Waals surface area contributed by atoms with Crippen LogP contribution < -0.4 is 0 Å². The summed E-state index contributed by atoms with van der Waals surface area (Å²) in [5, 5.41) is 0. The van der Waals surface area contributed by atoms with Crippen molar-refractivity contribution in [1.29, 1.82) is 0 Å². The van der Waals surface area contributed by atoms with Gasteiger partial charge in [-0.15, -0.1) is 0 Å². The zero-order chi connectivity index (χ0) is 10.6. The van der Waals surface area contributed by atoms with Crippen LogP contribution in [0.15, 0.2) is 12.1 Å². The van der Waals surface area contributed by atoms with E-state index in [-0.39, 0.29) is 0 Å². The third-order valence-electron chi connectivity index (χ3n) is 2.70. The van der Waals surface area contributed by atoms with E-state index in [1.165, 1.54) is 29.5 Å². The van der Waals surface area contributed by atoms with Crippen LogP contribution in [-0.2, 0) is 12.8 Å². The van der Waals surface area contributed by atoms with Crippen LogP contribution in [0.4, 0.5) is 0 Å². The van der Waals surface area contributed by atoms with Crippen LogP contribution in [0.25, 0.3) is 0 Å². The van der Waals surface area contributed by atoms with Crippen molar-refractivity contribution in [2.75, 3.05) is 0 Å². The van der Waals surface area contributed by atoms with Gasteiger partial charge >= 0.3 is 0 Å². The first-order valence-electron chi connectivity index (χ1n) is 5.57. The van der Waals surface area contributed by atoms with Crippen molar-refractivity contribution in [3.8, 4) is 0 Å². The van der Waals surface area contributed by atoms with Gasteiger partial charge < -0.3 is 0 Å². The van der Waals surface area contributed by atoms with Crippen LogP contribution >= 0.6 is 0 Å². The van der Waals surface area contributed by atoms with E-state index in [9.17, 15) is 0 Å². The standard InChI is InChI=1S/C14H20/c1-5-7-13-10-9-11(3)14(8-6-2)12(13)4/h4,9-10H,5-8H2,1-3H3. The largest absolute Gasteiger partial charge is 0.0651 e. The van der Waals surface area contributed by atoms with Crippen molar-refractivity contribution in [1.82, 2.24) is 0 Å². The second-order valence-electron chi connectivity index (χ2n) is 3.93. The Balaban J connectivity index is 3.05. The Morgan fingerprint density at radius 1 is 1.07 bits per heavy atom. The zero-order valence-electron chi connectivity index (χ0n) is 9.56. The van der Waals surface area contributed by atoms with E-state index in [0.717, 1.165) is 18.4 Å². The van der Waals surface area contributed by atoms with Crippen LogP contribution in [0, 0.1) is 13.8 Å². The molecule has 0 amide bonds. The second kappa shape index (κ2) is 5.19. The lowest BCUT2D eigenvalue weighted by molar-refractivity contribution is 0.880.